The average Bonchev–Trinajstić information content (AvgIpc) is 3.03. The molecule has 0 aliphatic heterocycles. The topological polar surface area (TPSA) is 33.4 Å². The first-order valence-electron chi connectivity index (χ1n) is 5.51. The van der Waals surface area contributed by atoms with E-state index < -0.39 is 0 Å². The number of nitrogens with zero attached hydrogens (tertiary/aromatic N) is 4. The number of rotatable bonds is 4. The van der Waals surface area contributed by atoms with Gasteiger partial charge in [0.1, 0.15) is 5.82 Å². The lowest BCUT2D eigenvalue weighted by atomic mass is 10.4. The maximum absolute atomic E-state index is 5.83. The highest BCUT2D eigenvalue weighted by atomic mass is 35.5. The molecule has 2 aromatic heterocycles. The quantitative estimate of drug-likeness (QED) is 0.761. The van der Waals surface area contributed by atoms with Gasteiger partial charge in [-0.25, -0.2) is 9.50 Å². The van der Waals surface area contributed by atoms with Gasteiger partial charge in [-0.1, -0.05) is 0 Å². The van der Waals surface area contributed by atoms with E-state index in [1.165, 1.54) is 12.8 Å². The Morgan fingerprint density at radius 3 is 3.06 bits per heavy atom. The zero-order chi connectivity index (χ0) is 11.0. The molecule has 1 saturated carbocycles. The summed E-state index contributed by atoms with van der Waals surface area (Å²) < 4.78 is 1.77. The molecule has 3 rings (SSSR count). The van der Waals surface area contributed by atoms with Crippen LogP contribution in [0.5, 0.6) is 0 Å². The van der Waals surface area contributed by atoms with E-state index in [1.807, 2.05) is 18.3 Å². The van der Waals surface area contributed by atoms with Gasteiger partial charge in [0.15, 0.2) is 5.65 Å². The van der Waals surface area contributed by atoms with Gasteiger partial charge >= 0.3 is 0 Å². The van der Waals surface area contributed by atoms with E-state index in [-0.39, 0.29) is 0 Å². The number of hydrogen-bond acceptors (Lipinski definition) is 3. The third-order valence-electron chi connectivity index (χ3n) is 2.85. The van der Waals surface area contributed by atoms with Crippen LogP contribution >= 0.6 is 11.6 Å². The minimum Gasteiger partial charge on any atom is -0.352 e. The standard InChI is InChI=1S/C11H13ClN4/c12-5-8-15(9-1-2-9)10-4-7-16-11(14-10)3-6-13-16/h3-4,6-7,9H,1-2,5,8H2. The predicted molar refractivity (Wildman–Crippen MR) is 64.1 cm³/mol. The Bertz CT molecular complexity index is 491. The normalized spacial score (nSPS) is 15.6. The average molecular weight is 237 g/mol. The van der Waals surface area contributed by atoms with Crippen LogP contribution in [0.1, 0.15) is 12.8 Å². The Hall–Kier alpha value is -1.29. The van der Waals surface area contributed by atoms with Gasteiger partial charge in [0.2, 0.25) is 0 Å². The first kappa shape index (κ1) is 9.90. The van der Waals surface area contributed by atoms with Crippen molar-refractivity contribution < 1.29 is 0 Å². The number of fused-ring (bicyclic) bond motifs is 1. The first-order valence-corrected chi connectivity index (χ1v) is 6.05. The molecule has 2 heterocycles. The molecular formula is C11H13ClN4. The minimum atomic E-state index is 0.636. The highest BCUT2D eigenvalue weighted by molar-refractivity contribution is 6.18. The lowest BCUT2D eigenvalue weighted by molar-refractivity contribution is 0.805. The van der Waals surface area contributed by atoms with Crippen molar-refractivity contribution in [3.63, 3.8) is 0 Å². The van der Waals surface area contributed by atoms with Crippen LogP contribution in [-0.2, 0) is 0 Å². The second-order valence-electron chi connectivity index (χ2n) is 4.03. The monoisotopic (exact) mass is 236 g/mol. The molecule has 1 aliphatic carbocycles. The number of aromatic nitrogens is 3. The predicted octanol–water partition coefficient (Wildman–Crippen LogP) is 1.94. The van der Waals surface area contributed by atoms with Crippen molar-refractivity contribution in [2.45, 2.75) is 18.9 Å². The molecule has 84 valence electrons. The fourth-order valence-electron chi connectivity index (χ4n) is 1.92. The maximum Gasteiger partial charge on any atom is 0.157 e. The molecule has 1 fully saturated rings. The molecule has 0 unspecified atom stereocenters. The fraction of sp³-hybridized carbons (Fsp3) is 0.455. The second kappa shape index (κ2) is 3.94. The summed E-state index contributed by atoms with van der Waals surface area (Å²) in [5, 5.41) is 4.14. The van der Waals surface area contributed by atoms with E-state index in [4.69, 9.17) is 11.6 Å². The SMILES string of the molecule is ClCCN(c1ccn2nccc2n1)C1CC1. The molecule has 0 atom stereocenters. The number of alkyl halides is 1. The Balaban J connectivity index is 1.95. The van der Waals surface area contributed by atoms with Crippen molar-refractivity contribution in [1.29, 1.82) is 0 Å². The van der Waals surface area contributed by atoms with Gasteiger partial charge < -0.3 is 4.90 Å². The molecule has 2 aromatic rings. The number of hydrogen-bond donors (Lipinski definition) is 0. The van der Waals surface area contributed by atoms with Gasteiger partial charge in [0.25, 0.3) is 0 Å². The van der Waals surface area contributed by atoms with Crippen LogP contribution in [0.25, 0.3) is 5.65 Å². The van der Waals surface area contributed by atoms with E-state index in [0.717, 1.165) is 18.0 Å². The lowest BCUT2D eigenvalue weighted by Crippen LogP contribution is -2.28. The summed E-state index contributed by atoms with van der Waals surface area (Å²) in [6, 6.07) is 4.55. The third-order valence-corrected chi connectivity index (χ3v) is 3.02. The third kappa shape index (κ3) is 1.73. The van der Waals surface area contributed by atoms with E-state index in [9.17, 15) is 0 Å². The first-order chi connectivity index (χ1) is 7.88. The zero-order valence-corrected chi connectivity index (χ0v) is 9.64. The van der Waals surface area contributed by atoms with Crippen molar-refractivity contribution in [3.05, 3.63) is 24.5 Å². The van der Waals surface area contributed by atoms with Crippen LogP contribution in [-0.4, -0.2) is 33.1 Å². The van der Waals surface area contributed by atoms with Crippen molar-refractivity contribution in [2.75, 3.05) is 17.3 Å². The summed E-state index contributed by atoms with van der Waals surface area (Å²) in [5.41, 5.74) is 0.887. The van der Waals surface area contributed by atoms with Gasteiger partial charge in [0.05, 0.1) is 6.20 Å². The largest absolute Gasteiger partial charge is 0.352 e. The van der Waals surface area contributed by atoms with Gasteiger partial charge in [-0.2, -0.15) is 5.10 Å². The Kier molecular flexibility index (Phi) is 2.44. The summed E-state index contributed by atoms with van der Waals surface area (Å²) >= 11 is 5.83. The number of anilines is 1. The number of halogens is 1. The Labute approximate surface area is 98.8 Å². The molecule has 4 nitrogen and oxygen atoms in total. The van der Waals surface area contributed by atoms with Gasteiger partial charge in [0, 0.05) is 30.7 Å². The van der Waals surface area contributed by atoms with E-state index in [1.54, 1.807) is 10.7 Å². The van der Waals surface area contributed by atoms with Gasteiger partial charge in [-0.3, -0.25) is 0 Å². The summed E-state index contributed by atoms with van der Waals surface area (Å²) in [7, 11) is 0. The summed E-state index contributed by atoms with van der Waals surface area (Å²) in [5.74, 6) is 1.65. The maximum atomic E-state index is 5.83. The fourth-order valence-corrected chi connectivity index (χ4v) is 2.11. The lowest BCUT2D eigenvalue weighted by Gasteiger charge is -2.22. The van der Waals surface area contributed by atoms with Crippen molar-refractivity contribution in [2.24, 2.45) is 0 Å². The van der Waals surface area contributed by atoms with E-state index in [2.05, 4.69) is 15.0 Å². The van der Waals surface area contributed by atoms with Gasteiger partial charge in [-0.05, 0) is 18.9 Å². The highest BCUT2D eigenvalue weighted by Gasteiger charge is 2.29. The molecule has 0 N–H and O–H groups in total. The minimum absolute atomic E-state index is 0.636. The molecule has 0 aromatic carbocycles. The van der Waals surface area contributed by atoms with Crippen molar-refractivity contribution in [1.82, 2.24) is 14.6 Å². The summed E-state index contributed by atoms with van der Waals surface area (Å²) in [6.07, 6.45) is 6.21. The molecule has 0 amide bonds. The van der Waals surface area contributed by atoms with Crippen molar-refractivity contribution in [3.8, 4) is 0 Å². The van der Waals surface area contributed by atoms with Crippen LogP contribution in [0.2, 0.25) is 0 Å². The molecule has 0 spiro atoms. The van der Waals surface area contributed by atoms with E-state index >= 15 is 0 Å². The molecular weight excluding hydrogens is 224 g/mol. The molecule has 0 saturated heterocycles. The van der Waals surface area contributed by atoms with Crippen LogP contribution in [0, 0.1) is 0 Å². The van der Waals surface area contributed by atoms with E-state index in [0.29, 0.717) is 11.9 Å². The zero-order valence-electron chi connectivity index (χ0n) is 8.88. The van der Waals surface area contributed by atoms with Crippen LogP contribution in [0.4, 0.5) is 5.82 Å². The molecule has 0 radical (unpaired) electrons. The molecule has 1 aliphatic rings. The summed E-state index contributed by atoms with van der Waals surface area (Å²) in [4.78, 5) is 6.87. The summed E-state index contributed by atoms with van der Waals surface area (Å²) in [6.45, 7) is 0.865. The van der Waals surface area contributed by atoms with Crippen LogP contribution in [0.3, 0.4) is 0 Å². The smallest absolute Gasteiger partial charge is 0.157 e. The Morgan fingerprint density at radius 2 is 2.31 bits per heavy atom. The Morgan fingerprint density at radius 1 is 1.44 bits per heavy atom. The molecule has 5 heteroatoms. The second-order valence-corrected chi connectivity index (χ2v) is 4.41. The van der Waals surface area contributed by atoms with Crippen molar-refractivity contribution >= 4 is 23.1 Å². The molecule has 0 bridgehead atoms. The highest BCUT2D eigenvalue weighted by Crippen LogP contribution is 2.30. The van der Waals surface area contributed by atoms with Crippen LogP contribution < -0.4 is 4.90 Å². The van der Waals surface area contributed by atoms with Gasteiger partial charge in [-0.15, -0.1) is 11.6 Å². The molecule has 16 heavy (non-hydrogen) atoms. The van der Waals surface area contributed by atoms with Crippen LogP contribution in [0.15, 0.2) is 24.5 Å².